The third-order valence-corrected chi connectivity index (χ3v) is 7.67. The van der Waals surface area contributed by atoms with Crippen molar-refractivity contribution >= 4 is 15.6 Å². The molecule has 0 bridgehead atoms. The molecular weight excluding hydrogens is 542 g/mol. The number of phosphoric acid groups is 2. The maximum absolute atomic E-state index is 12.0. The van der Waals surface area contributed by atoms with Crippen molar-refractivity contribution in [1.82, 2.24) is 9.55 Å². The van der Waals surface area contributed by atoms with E-state index in [1.807, 2.05) is 4.98 Å². The standard InChI is InChI=1S/C15H24N2O17P2/c18-3-5-8(20)10(22)12(24)14(32-5)33-36(28,29)34-35(26,27)30-4-6-9(21)11(23)13(31-6)17-2-1-7(19)16-15(17)25/h1-2,5-6,8-14,18,20-24H,3-4H2,(H,26,27)(H,28,29)(H,16,19,25)/p-2/t5-,6-,8-,9-,10-,11-,12-,13-,14-/m1/s1. The second-order valence-corrected chi connectivity index (χ2v) is 10.5. The molecule has 2 aliphatic heterocycles. The van der Waals surface area contributed by atoms with E-state index < -0.39 is 95.4 Å². The van der Waals surface area contributed by atoms with Crippen LogP contribution in [0.4, 0.5) is 0 Å². The number of H-pyrrole nitrogens is 1. The molecule has 0 aromatic carbocycles. The van der Waals surface area contributed by atoms with Gasteiger partial charge in [-0.15, -0.1) is 0 Å². The van der Waals surface area contributed by atoms with E-state index in [9.17, 15) is 54.0 Å². The minimum atomic E-state index is -5.90. The van der Waals surface area contributed by atoms with E-state index in [1.165, 1.54) is 0 Å². The van der Waals surface area contributed by atoms with Crippen molar-refractivity contribution in [1.29, 1.82) is 0 Å². The molecule has 19 nitrogen and oxygen atoms in total. The van der Waals surface area contributed by atoms with E-state index >= 15 is 0 Å². The Labute approximate surface area is 199 Å². The monoisotopic (exact) mass is 564 g/mol. The largest absolute Gasteiger partial charge is 0.756 e. The Bertz CT molecular complexity index is 1120. The number of nitrogens with zero attached hydrogens (tertiary/aromatic N) is 1. The van der Waals surface area contributed by atoms with Crippen LogP contribution in [-0.2, 0) is 32.0 Å². The van der Waals surface area contributed by atoms with Crippen molar-refractivity contribution in [3.63, 3.8) is 0 Å². The number of rotatable bonds is 9. The molecule has 21 heteroatoms. The molecule has 0 amide bonds. The zero-order chi connectivity index (χ0) is 27.0. The van der Waals surface area contributed by atoms with Crippen LogP contribution in [0.25, 0.3) is 0 Å². The molecule has 1 aromatic heterocycles. The summed E-state index contributed by atoms with van der Waals surface area (Å²) in [5, 5.41) is 58.4. The fraction of sp³-hybridized carbons (Fsp3) is 0.733. The van der Waals surface area contributed by atoms with Crippen LogP contribution in [0.15, 0.2) is 21.9 Å². The number of phosphoric ester groups is 2. The zero-order valence-electron chi connectivity index (χ0n) is 17.8. The number of aromatic nitrogens is 2. The number of aromatic amines is 1. The average molecular weight is 564 g/mol. The normalized spacial score (nSPS) is 38.4. The molecule has 0 saturated carbocycles. The third-order valence-electron chi connectivity index (χ3n) is 5.14. The lowest BCUT2D eigenvalue weighted by Gasteiger charge is -2.41. The van der Waals surface area contributed by atoms with Crippen LogP contribution >= 0.6 is 15.6 Å². The number of aliphatic hydroxyl groups is 6. The topological polar surface area (TPSA) is 303 Å². The van der Waals surface area contributed by atoms with Gasteiger partial charge in [0.25, 0.3) is 21.2 Å². The summed E-state index contributed by atoms with van der Waals surface area (Å²) in [5.41, 5.74) is -1.78. The fourth-order valence-corrected chi connectivity index (χ4v) is 5.42. The SMILES string of the molecule is O=c1ccn([C@@H]2O[C@H](COP(=O)([O-])OP(=O)([O-])O[C@H]3O[C@H](CO)[C@@H](O)[C@@H](O)[C@H]3O)[C@@H](O)[C@H]2O)c(=O)[nH]1. The Morgan fingerprint density at radius 3 is 2.19 bits per heavy atom. The van der Waals surface area contributed by atoms with Crippen molar-refractivity contribution in [2.75, 3.05) is 13.2 Å². The van der Waals surface area contributed by atoms with Crippen LogP contribution in [0.2, 0.25) is 0 Å². The van der Waals surface area contributed by atoms with Crippen molar-refractivity contribution in [2.45, 2.75) is 55.2 Å². The van der Waals surface area contributed by atoms with Gasteiger partial charge < -0.3 is 54.4 Å². The highest BCUT2D eigenvalue weighted by molar-refractivity contribution is 7.59. The van der Waals surface area contributed by atoms with E-state index in [0.717, 1.165) is 12.3 Å². The predicted molar refractivity (Wildman–Crippen MR) is 104 cm³/mol. The molecule has 2 fully saturated rings. The maximum Gasteiger partial charge on any atom is 0.330 e. The van der Waals surface area contributed by atoms with Gasteiger partial charge in [0.15, 0.2) is 12.5 Å². The number of aliphatic hydroxyl groups excluding tert-OH is 6. The summed E-state index contributed by atoms with van der Waals surface area (Å²) in [6.45, 7) is -2.05. The molecule has 0 radical (unpaired) electrons. The predicted octanol–water partition coefficient (Wildman–Crippen LogP) is -6.06. The lowest BCUT2D eigenvalue weighted by Crippen LogP contribution is -2.59. The minimum absolute atomic E-state index is 0.697. The van der Waals surface area contributed by atoms with Gasteiger partial charge >= 0.3 is 5.69 Å². The van der Waals surface area contributed by atoms with Crippen LogP contribution in [0.3, 0.4) is 0 Å². The first-order valence-corrected chi connectivity index (χ1v) is 12.9. The van der Waals surface area contributed by atoms with Crippen LogP contribution < -0.4 is 21.0 Å². The zero-order valence-corrected chi connectivity index (χ0v) is 19.6. The molecule has 0 aliphatic carbocycles. The summed E-state index contributed by atoms with van der Waals surface area (Å²) in [5.74, 6) is 0. The maximum atomic E-state index is 12.0. The van der Waals surface area contributed by atoms with Gasteiger partial charge in [-0.3, -0.25) is 28.0 Å². The molecule has 0 spiro atoms. The summed E-state index contributed by atoms with van der Waals surface area (Å²) in [7, 11) is -11.7. The Morgan fingerprint density at radius 2 is 1.58 bits per heavy atom. The van der Waals surface area contributed by atoms with Gasteiger partial charge in [0.05, 0.1) is 13.2 Å². The molecule has 36 heavy (non-hydrogen) atoms. The lowest BCUT2D eigenvalue weighted by atomic mass is 10.00. The average Bonchev–Trinajstić information content (AvgIpc) is 3.06. The van der Waals surface area contributed by atoms with Crippen molar-refractivity contribution in [3.8, 4) is 0 Å². The first kappa shape index (κ1) is 29.2. The Morgan fingerprint density at radius 1 is 0.944 bits per heavy atom. The van der Waals surface area contributed by atoms with Crippen LogP contribution in [0.5, 0.6) is 0 Å². The number of ether oxygens (including phenoxy) is 2. The van der Waals surface area contributed by atoms with E-state index in [0.29, 0.717) is 4.57 Å². The van der Waals surface area contributed by atoms with Gasteiger partial charge in [-0.05, 0) is 0 Å². The van der Waals surface area contributed by atoms with Gasteiger partial charge in [-0.25, -0.2) is 9.11 Å². The van der Waals surface area contributed by atoms with E-state index in [1.54, 1.807) is 0 Å². The first-order chi connectivity index (χ1) is 16.7. The molecule has 2 aliphatic rings. The van der Waals surface area contributed by atoms with Crippen LogP contribution in [0.1, 0.15) is 6.23 Å². The van der Waals surface area contributed by atoms with Gasteiger partial charge in [0.2, 0.25) is 0 Å². The van der Waals surface area contributed by atoms with Gasteiger partial charge in [-0.2, -0.15) is 0 Å². The Balaban J connectivity index is 1.61. The fourth-order valence-electron chi connectivity index (χ4n) is 3.34. The molecule has 3 heterocycles. The number of hydrogen-bond donors (Lipinski definition) is 7. The summed E-state index contributed by atoms with van der Waals surface area (Å²) >= 11 is 0. The second-order valence-electron chi connectivity index (χ2n) is 7.64. The van der Waals surface area contributed by atoms with Crippen LogP contribution in [-0.4, -0.2) is 102 Å². The molecule has 2 unspecified atom stereocenters. The van der Waals surface area contributed by atoms with Crippen LogP contribution in [0, 0.1) is 0 Å². The molecule has 206 valence electrons. The minimum Gasteiger partial charge on any atom is -0.756 e. The third kappa shape index (κ3) is 6.54. The summed E-state index contributed by atoms with van der Waals surface area (Å²) in [4.78, 5) is 48.9. The molecule has 7 N–H and O–H groups in total. The molecule has 11 atom stereocenters. The molecular formula is C15H22N2O17P2-2. The Kier molecular flexibility index (Phi) is 9.05. The van der Waals surface area contributed by atoms with Gasteiger partial charge in [0, 0.05) is 12.3 Å². The van der Waals surface area contributed by atoms with E-state index in [-0.39, 0.29) is 0 Å². The smallest absolute Gasteiger partial charge is 0.330 e. The highest BCUT2D eigenvalue weighted by Gasteiger charge is 2.47. The quantitative estimate of drug-likeness (QED) is 0.137. The van der Waals surface area contributed by atoms with E-state index in [4.69, 9.17) is 14.6 Å². The number of hydrogen-bond acceptors (Lipinski definition) is 17. The van der Waals surface area contributed by atoms with E-state index in [2.05, 4.69) is 13.4 Å². The van der Waals surface area contributed by atoms with Crippen molar-refractivity contribution < 1.29 is 72.4 Å². The number of nitrogens with one attached hydrogen (secondary N) is 1. The highest BCUT2D eigenvalue weighted by atomic mass is 31.3. The summed E-state index contributed by atoms with van der Waals surface area (Å²) < 4.78 is 47.1. The second kappa shape index (κ2) is 11.2. The highest BCUT2D eigenvalue weighted by Crippen LogP contribution is 2.57. The summed E-state index contributed by atoms with van der Waals surface area (Å²) in [6.07, 6.45) is -15.8. The molecule has 3 rings (SSSR count). The Hall–Kier alpha value is -1.38. The van der Waals surface area contributed by atoms with Crippen molar-refractivity contribution in [3.05, 3.63) is 33.1 Å². The summed E-state index contributed by atoms with van der Waals surface area (Å²) in [6, 6.07) is 0.911. The molecule has 1 aromatic rings. The first-order valence-electron chi connectivity index (χ1n) is 9.96. The van der Waals surface area contributed by atoms with Crippen molar-refractivity contribution in [2.24, 2.45) is 0 Å². The molecule has 2 saturated heterocycles. The van der Waals surface area contributed by atoms with Gasteiger partial charge in [0.1, 0.15) is 42.7 Å². The van der Waals surface area contributed by atoms with Gasteiger partial charge in [-0.1, -0.05) is 0 Å². The lowest BCUT2D eigenvalue weighted by molar-refractivity contribution is -0.305.